The van der Waals surface area contributed by atoms with E-state index in [0.29, 0.717) is 27.8 Å². The summed E-state index contributed by atoms with van der Waals surface area (Å²) in [6.45, 7) is 0. The highest BCUT2D eigenvalue weighted by Gasteiger charge is 2.18. The Morgan fingerprint density at radius 2 is 1.38 bits per heavy atom. The highest BCUT2D eigenvalue weighted by atomic mass is 35.5. The van der Waals surface area contributed by atoms with E-state index in [-0.39, 0.29) is 0 Å². The Morgan fingerprint density at radius 1 is 0.857 bits per heavy atom. The molecule has 4 nitrogen and oxygen atoms in total. The van der Waals surface area contributed by atoms with Crippen molar-refractivity contribution in [3.8, 4) is 17.2 Å². The molecular formula is C16H17ClO4. The maximum atomic E-state index is 10.5. The van der Waals surface area contributed by atoms with E-state index in [0.717, 1.165) is 5.56 Å². The van der Waals surface area contributed by atoms with Crippen molar-refractivity contribution in [1.82, 2.24) is 0 Å². The van der Waals surface area contributed by atoms with E-state index < -0.39 is 6.10 Å². The van der Waals surface area contributed by atoms with Gasteiger partial charge >= 0.3 is 0 Å². The average Bonchev–Trinajstić information content (AvgIpc) is 2.53. The number of halogens is 1. The highest BCUT2D eigenvalue weighted by Crippen LogP contribution is 2.40. The first-order chi connectivity index (χ1) is 10.1. The van der Waals surface area contributed by atoms with Gasteiger partial charge in [0.15, 0.2) is 11.5 Å². The van der Waals surface area contributed by atoms with Crippen LogP contribution in [0.5, 0.6) is 17.2 Å². The zero-order valence-corrected chi connectivity index (χ0v) is 12.8. The van der Waals surface area contributed by atoms with E-state index in [1.54, 1.807) is 36.4 Å². The second kappa shape index (κ2) is 6.70. The van der Waals surface area contributed by atoms with E-state index >= 15 is 0 Å². The summed E-state index contributed by atoms with van der Waals surface area (Å²) in [6, 6.07) is 10.5. The van der Waals surface area contributed by atoms with Crippen molar-refractivity contribution in [3.63, 3.8) is 0 Å². The summed E-state index contributed by atoms with van der Waals surface area (Å²) in [5.74, 6) is 1.49. The van der Waals surface area contributed by atoms with Crippen molar-refractivity contribution in [2.45, 2.75) is 6.10 Å². The number of rotatable bonds is 5. The standard InChI is InChI=1S/C16H17ClO4/c1-19-13-8-11(9-14(20-2)16(13)21-3)15(18)10-4-6-12(17)7-5-10/h4-9,15,18H,1-3H3. The van der Waals surface area contributed by atoms with Crippen LogP contribution in [0.3, 0.4) is 0 Å². The molecule has 1 N–H and O–H groups in total. The molecule has 2 rings (SSSR count). The second-order valence-corrected chi connectivity index (χ2v) is 4.85. The molecule has 0 heterocycles. The summed E-state index contributed by atoms with van der Waals surface area (Å²) in [6.07, 6.45) is -0.809. The molecule has 21 heavy (non-hydrogen) atoms. The Morgan fingerprint density at radius 3 is 1.81 bits per heavy atom. The molecular weight excluding hydrogens is 292 g/mol. The van der Waals surface area contributed by atoms with Crippen LogP contribution in [0, 0.1) is 0 Å². The predicted molar refractivity (Wildman–Crippen MR) is 81.6 cm³/mol. The van der Waals surface area contributed by atoms with E-state index in [1.807, 2.05) is 0 Å². The number of benzene rings is 2. The Balaban J connectivity index is 2.45. The molecule has 0 aliphatic carbocycles. The minimum Gasteiger partial charge on any atom is -0.493 e. The molecule has 0 bridgehead atoms. The van der Waals surface area contributed by atoms with Crippen LogP contribution in [0.15, 0.2) is 36.4 Å². The normalized spacial score (nSPS) is 11.9. The van der Waals surface area contributed by atoms with Crippen molar-refractivity contribution < 1.29 is 19.3 Å². The van der Waals surface area contributed by atoms with Gasteiger partial charge in [-0.2, -0.15) is 0 Å². The van der Waals surface area contributed by atoms with Gasteiger partial charge in [0.25, 0.3) is 0 Å². The molecule has 0 aromatic heterocycles. The first kappa shape index (κ1) is 15.5. The maximum absolute atomic E-state index is 10.5. The van der Waals surface area contributed by atoms with Crippen LogP contribution in [-0.4, -0.2) is 26.4 Å². The zero-order valence-electron chi connectivity index (χ0n) is 12.1. The molecule has 0 amide bonds. The van der Waals surface area contributed by atoms with Crippen molar-refractivity contribution in [2.75, 3.05) is 21.3 Å². The molecule has 0 aliphatic heterocycles. The molecule has 0 saturated carbocycles. The van der Waals surface area contributed by atoms with Crippen molar-refractivity contribution in [1.29, 1.82) is 0 Å². The van der Waals surface area contributed by atoms with Gasteiger partial charge in [0.05, 0.1) is 21.3 Å². The summed E-state index contributed by atoms with van der Waals surface area (Å²) in [7, 11) is 4.61. The molecule has 1 atom stereocenters. The fraction of sp³-hybridized carbons (Fsp3) is 0.250. The van der Waals surface area contributed by atoms with Gasteiger partial charge in [0.2, 0.25) is 5.75 Å². The van der Waals surface area contributed by atoms with Crippen LogP contribution in [0.4, 0.5) is 0 Å². The quantitative estimate of drug-likeness (QED) is 0.919. The van der Waals surface area contributed by atoms with Gasteiger partial charge in [-0.1, -0.05) is 23.7 Å². The third-order valence-corrected chi connectivity index (χ3v) is 3.44. The van der Waals surface area contributed by atoms with Gasteiger partial charge in [-0.25, -0.2) is 0 Å². The van der Waals surface area contributed by atoms with Crippen LogP contribution in [0.1, 0.15) is 17.2 Å². The van der Waals surface area contributed by atoms with E-state index in [4.69, 9.17) is 25.8 Å². The van der Waals surface area contributed by atoms with Crippen LogP contribution < -0.4 is 14.2 Å². The maximum Gasteiger partial charge on any atom is 0.203 e. The molecule has 2 aromatic rings. The summed E-state index contributed by atoms with van der Waals surface area (Å²) >= 11 is 5.86. The fourth-order valence-electron chi connectivity index (χ4n) is 2.10. The Bertz CT molecular complexity index is 585. The van der Waals surface area contributed by atoms with E-state index in [1.165, 1.54) is 21.3 Å². The number of hydrogen-bond donors (Lipinski definition) is 1. The predicted octanol–water partition coefficient (Wildman–Crippen LogP) is 3.45. The van der Waals surface area contributed by atoms with Gasteiger partial charge in [0, 0.05) is 5.02 Å². The average molecular weight is 309 g/mol. The molecule has 0 fully saturated rings. The van der Waals surface area contributed by atoms with Crippen molar-refractivity contribution >= 4 is 11.6 Å². The van der Waals surface area contributed by atoms with Crippen LogP contribution in [0.2, 0.25) is 5.02 Å². The summed E-state index contributed by atoms with van der Waals surface area (Å²) in [5, 5.41) is 11.1. The Labute approximate surface area is 128 Å². The molecule has 112 valence electrons. The van der Waals surface area contributed by atoms with Gasteiger partial charge in [-0.3, -0.25) is 0 Å². The Kier molecular flexibility index (Phi) is 4.94. The van der Waals surface area contributed by atoms with Gasteiger partial charge in [-0.15, -0.1) is 0 Å². The number of ether oxygens (including phenoxy) is 3. The molecule has 2 aromatic carbocycles. The minimum atomic E-state index is -0.809. The van der Waals surface area contributed by atoms with E-state index in [2.05, 4.69) is 0 Å². The summed E-state index contributed by atoms with van der Waals surface area (Å²) in [4.78, 5) is 0. The van der Waals surface area contributed by atoms with Crippen LogP contribution in [0.25, 0.3) is 0 Å². The van der Waals surface area contributed by atoms with E-state index in [9.17, 15) is 5.11 Å². The zero-order chi connectivity index (χ0) is 15.4. The van der Waals surface area contributed by atoms with Crippen molar-refractivity contribution in [2.24, 2.45) is 0 Å². The van der Waals surface area contributed by atoms with Gasteiger partial charge in [0.1, 0.15) is 6.10 Å². The van der Waals surface area contributed by atoms with Gasteiger partial charge < -0.3 is 19.3 Å². The second-order valence-electron chi connectivity index (χ2n) is 4.41. The molecule has 0 spiro atoms. The first-order valence-corrected chi connectivity index (χ1v) is 6.72. The monoisotopic (exact) mass is 308 g/mol. The Hall–Kier alpha value is -1.91. The molecule has 5 heteroatoms. The smallest absolute Gasteiger partial charge is 0.203 e. The number of aliphatic hydroxyl groups is 1. The molecule has 1 unspecified atom stereocenters. The highest BCUT2D eigenvalue weighted by molar-refractivity contribution is 6.30. The van der Waals surface area contributed by atoms with Crippen LogP contribution >= 0.6 is 11.6 Å². The number of aliphatic hydroxyl groups excluding tert-OH is 1. The number of hydrogen-bond acceptors (Lipinski definition) is 4. The molecule has 0 aliphatic rings. The van der Waals surface area contributed by atoms with Gasteiger partial charge in [-0.05, 0) is 35.4 Å². The lowest BCUT2D eigenvalue weighted by Crippen LogP contribution is -2.02. The van der Waals surface area contributed by atoms with Crippen molar-refractivity contribution in [3.05, 3.63) is 52.5 Å². The largest absolute Gasteiger partial charge is 0.493 e. The molecule has 0 radical (unpaired) electrons. The lowest BCUT2D eigenvalue weighted by Gasteiger charge is -2.17. The third-order valence-electron chi connectivity index (χ3n) is 3.19. The first-order valence-electron chi connectivity index (χ1n) is 6.34. The summed E-state index contributed by atoms with van der Waals surface area (Å²) < 4.78 is 15.8. The lowest BCUT2D eigenvalue weighted by atomic mass is 10.0. The molecule has 0 saturated heterocycles. The fourth-order valence-corrected chi connectivity index (χ4v) is 2.22. The minimum absolute atomic E-state index is 0.493. The summed E-state index contributed by atoms with van der Waals surface area (Å²) in [5.41, 5.74) is 1.38. The number of methoxy groups -OCH3 is 3. The third kappa shape index (κ3) is 3.23. The topological polar surface area (TPSA) is 47.9 Å². The lowest BCUT2D eigenvalue weighted by molar-refractivity contribution is 0.218. The SMILES string of the molecule is COc1cc(C(O)c2ccc(Cl)cc2)cc(OC)c1OC. The van der Waals surface area contributed by atoms with Crippen LogP contribution in [-0.2, 0) is 0 Å².